The molecule has 2 heterocycles. The summed E-state index contributed by atoms with van der Waals surface area (Å²) in [7, 11) is 0. The zero-order valence-corrected chi connectivity index (χ0v) is 9.62. The molecule has 16 heavy (non-hydrogen) atoms. The van der Waals surface area contributed by atoms with E-state index in [0.717, 1.165) is 11.3 Å². The number of carbonyl (C=O) groups is 1. The van der Waals surface area contributed by atoms with Crippen LogP contribution in [0.1, 0.15) is 23.8 Å². The van der Waals surface area contributed by atoms with Gasteiger partial charge in [-0.2, -0.15) is 0 Å². The molecule has 0 atom stereocenters. The molecule has 0 saturated heterocycles. The average Bonchev–Trinajstić information content (AvgIpc) is 2.94. The van der Waals surface area contributed by atoms with Gasteiger partial charge in [-0.1, -0.05) is 18.1 Å². The fraction of sp³-hybridized carbons (Fsp3) is 0.273. The zero-order chi connectivity index (χ0) is 11.4. The van der Waals surface area contributed by atoms with Crippen molar-refractivity contribution in [3.05, 3.63) is 29.3 Å². The van der Waals surface area contributed by atoms with Crippen molar-refractivity contribution in [1.82, 2.24) is 5.16 Å². The minimum absolute atomic E-state index is 0.219. The Kier molecular flexibility index (Phi) is 3.36. The molecule has 0 N–H and O–H groups in total. The molecule has 84 valence electrons. The van der Waals surface area contributed by atoms with Gasteiger partial charge in [0, 0.05) is 6.07 Å². The maximum atomic E-state index is 11.4. The highest BCUT2D eigenvalue weighted by Crippen LogP contribution is 2.25. The largest absolute Gasteiger partial charge is 0.461 e. The molecule has 0 fully saturated rings. The van der Waals surface area contributed by atoms with Gasteiger partial charge in [0.25, 0.3) is 0 Å². The number of hydrogen-bond donors (Lipinski definition) is 0. The van der Waals surface area contributed by atoms with E-state index in [1.165, 1.54) is 11.3 Å². The van der Waals surface area contributed by atoms with E-state index in [9.17, 15) is 4.79 Å². The summed E-state index contributed by atoms with van der Waals surface area (Å²) in [4.78, 5) is 12.4. The second-order valence-electron chi connectivity index (χ2n) is 3.19. The first-order valence-electron chi connectivity index (χ1n) is 4.99. The quantitative estimate of drug-likeness (QED) is 0.767. The Bertz CT molecular complexity index is 461. The highest BCUT2D eigenvalue weighted by molar-refractivity contribution is 7.13. The van der Waals surface area contributed by atoms with Crippen LogP contribution in [0.4, 0.5) is 0 Å². The summed E-state index contributed by atoms with van der Waals surface area (Å²) in [5, 5.41) is 5.62. The van der Waals surface area contributed by atoms with E-state index in [1.807, 2.05) is 24.4 Å². The highest BCUT2D eigenvalue weighted by atomic mass is 32.1. The van der Waals surface area contributed by atoms with E-state index < -0.39 is 5.97 Å². The number of nitrogens with zero attached hydrogens (tertiary/aromatic N) is 1. The standard InChI is InChI=1S/C11H11NO3S/c1-2-5-14-11(13)8-7-9(15-12-8)10-4-3-6-16-10/h3-4,6-7H,2,5H2,1H3. The summed E-state index contributed by atoms with van der Waals surface area (Å²) in [6, 6.07) is 5.42. The van der Waals surface area contributed by atoms with Gasteiger partial charge < -0.3 is 9.26 Å². The first-order chi connectivity index (χ1) is 7.81. The van der Waals surface area contributed by atoms with Crippen LogP contribution in [0.3, 0.4) is 0 Å². The number of thiophene rings is 1. The van der Waals surface area contributed by atoms with Crippen LogP contribution in [0, 0.1) is 0 Å². The van der Waals surface area contributed by atoms with Crippen molar-refractivity contribution in [3.63, 3.8) is 0 Å². The van der Waals surface area contributed by atoms with E-state index in [-0.39, 0.29) is 5.69 Å². The van der Waals surface area contributed by atoms with Crippen LogP contribution in [0.2, 0.25) is 0 Å². The summed E-state index contributed by atoms with van der Waals surface area (Å²) < 4.78 is 10.0. The lowest BCUT2D eigenvalue weighted by Gasteiger charge is -1.97. The number of ether oxygens (including phenoxy) is 1. The predicted molar refractivity (Wildman–Crippen MR) is 60.4 cm³/mol. The van der Waals surface area contributed by atoms with E-state index in [0.29, 0.717) is 12.4 Å². The maximum Gasteiger partial charge on any atom is 0.360 e. The Balaban J connectivity index is 2.11. The van der Waals surface area contributed by atoms with Crippen LogP contribution in [-0.2, 0) is 4.74 Å². The Morgan fingerprint density at radius 3 is 3.19 bits per heavy atom. The van der Waals surface area contributed by atoms with Crippen molar-refractivity contribution in [3.8, 4) is 10.6 Å². The van der Waals surface area contributed by atoms with Crippen LogP contribution >= 0.6 is 11.3 Å². The first kappa shape index (κ1) is 10.9. The van der Waals surface area contributed by atoms with Crippen molar-refractivity contribution in [1.29, 1.82) is 0 Å². The Labute approximate surface area is 96.8 Å². The van der Waals surface area contributed by atoms with Gasteiger partial charge in [-0.3, -0.25) is 0 Å². The van der Waals surface area contributed by atoms with Gasteiger partial charge in [-0.25, -0.2) is 4.79 Å². The molecular formula is C11H11NO3S. The minimum atomic E-state index is -0.437. The van der Waals surface area contributed by atoms with E-state index in [1.54, 1.807) is 6.07 Å². The predicted octanol–water partition coefficient (Wildman–Crippen LogP) is 2.97. The summed E-state index contributed by atoms with van der Waals surface area (Å²) in [6.45, 7) is 2.34. The van der Waals surface area contributed by atoms with Crippen molar-refractivity contribution >= 4 is 17.3 Å². The van der Waals surface area contributed by atoms with Crippen molar-refractivity contribution in [2.24, 2.45) is 0 Å². The lowest BCUT2D eigenvalue weighted by atomic mass is 10.3. The normalized spacial score (nSPS) is 10.3. The highest BCUT2D eigenvalue weighted by Gasteiger charge is 2.14. The molecule has 2 rings (SSSR count). The molecule has 0 aliphatic rings. The van der Waals surface area contributed by atoms with Crippen LogP contribution in [0.5, 0.6) is 0 Å². The summed E-state index contributed by atoms with van der Waals surface area (Å²) in [5.74, 6) is 0.159. The van der Waals surface area contributed by atoms with Gasteiger partial charge in [0.15, 0.2) is 11.5 Å². The summed E-state index contributed by atoms with van der Waals surface area (Å²) in [5.41, 5.74) is 0.219. The summed E-state index contributed by atoms with van der Waals surface area (Å²) >= 11 is 1.53. The van der Waals surface area contributed by atoms with Gasteiger partial charge in [-0.05, 0) is 17.9 Å². The number of aromatic nitrogens is 1. The molecule has 4 nitrogen and oxygen atoms in total. The third kappa shape index (κ3) is 2.30. The van der Waals surface area contributed by atoms with E-state index >= 15 is 0 Å². The average molecular weight is 237 g/mol. The van der Waals surface area contributed by atoms with Crippen molar-refractivity contribution < 1.29 is 14.1 Å². The van der Waals surface area contributed by atoms with E-state index in [4.69, 9.17) is 9.26 Å². The molecule has 0 radical (unpaired) electrons. The summed E-state index contributed by atoms with van der Waals surface area (Å²) in [6.07, 6.45) is 0.793. The van der Waals surface area contributed by atoms with Gasteiger partial charge in [-0.15, -0.1) is 11.3 Å². The Hall–Kier alpha value is -1.62. The molecule has 5 heteroatoms. The molecule has 0 aliphatic heterocycles. The molecule has 0 aliphatic carbocycles. The minimum Gasteiger partial charge on any atom is -0.461 e. The molecule has 0 spiro atoms. The molecule has 0 saturated carbocycles. The van der Waals surface area contributed by atoms with Gasteiger partial charge >= 0.3 is 5.97 Å². The van der Waals surface area contributed by atoms with Crippen molar-refractivity contribution in [2.45, 2.75) is 13.3 Å². The van der Waals surface area contributed by atoms with E-state index in [2.05, 4.69) is 5.16 Å². The second-order valence-corrected chi connectivity index (χ2v) is 4.14. The van der Waals surface area contributed by atoms with Crippen LogP contribution in [0.25, 0.3) is 10.6 Å². The Morgan fingerprint density at radius 1 is 1.62 bits per heavy atom. The molecule has 0 unspecified atom stereocenters. The fourth-order valence-electron chi connectivity index (χ4n) is 1.17. The topological polar surface area (TPSA) is 52.3 Å². The number of hydrogen-bond acceptors (Lipinski definition) is 5. The van der Waals surface area contributed by atoms with Crippen LogP contribution in [0.15, 0.2) is 28.1 Å². The molecule has 0 amide bonds. The molecule has 2 aromatic rings. The van der Waals surface area contributed by atoms with Gasteiger partial charge in [0.05, 0.1) is 11.5 Å². The third-order valence-electron chi connectivity index (χ3n) is 1.92. The second kappa shape index (κ2) is 4.94. The lowest BCUT2D eigenvalue weighted by Crippen LogP contribution is -2.05. The molecule has 0 bridgehead atoms. The first-order valence-corrected chi connectivity index (χ1v) is 5.87. The van der Waals surface area contributed by atoms with Crippen LogP contribution in [-0.4, -0.2) is 17.7 Å². The SMILES string of the molecule is CCCOC(=O)c1cc(-c2cccs2)on1. The van der Waals surface area contributed by atoms with Crippen LogP contribution < -0.4 is 0 Å². The fourth-order valence-corrected chi connectivity index (χ4v) is 1.85. The number of esters is 1. The number of rotatable bonds is 4. The monoisotopic (exact) mass is 237 g/mol. The Morgan fingerprint density at radius 2 is 2.50 bits per heavy atom. The number of carbonyl (C=O) groups excluding carboxylic acids is 1. The van der Waals surface area contributed by atoms with Crippen molar-refractivity contribution in [2.75, 3.05) is 6.61 Å². The molecule has 2 aromatic heterocycles. The molecule has 0 aromatic carbocycles. The van der Waals surface area contributed by atoms with Gasteiger partial charge in [0.2, 0.25) is 0 Å². The third-order valence-corrected chi connectivity index (χ3v) is 2.81. The maximum absolute atomic E-state index is 11.4. The smallest absolute Gasteiger partial charge is 0.360 e. The molecular weight excluding hydrogens is 226 g/mol. The zero-order valence-electron chi connectivity index (χ0n) is 8.80. The van der Waals surface area contributed by atoms with Gasteiger partial charge in [0.1, 0.15) is 0 Å². The lowest BCUT2D eigenvalue weighted by molar-refractivity contribution is 0.0493.